The molecule has 1 aliphatic rings. The molecule has 142 valence electrons. The normalized spacial score (nSPS) is 17.1. The monoisotopic (exact) mass is 390 g/mol. The molecule has 0 spiro atoms. The van der Waals surface area contributed by atoms with Gasteiger partial charge in [0.25, 0.3) is 5.69 Å². The maximum absolute atomic E-state index is 13.1. The summed E-state index contributed by atoms with van der Waals surface area (Å²) in [6.45, 7) is 1.76. The van der Waals surface area contributed by atoms with Crippen LogP contribution in [0.25, 0.3) is 0 Å². The van der Waals surface area contributed by atoms with Gasteiger partial charge in [-0.05, 0) is 36.6 Å². The van der Waals surface area contributed by atoms with E-state index in [9.17, 15) is 23.3 Å². The van der Waals surface area contributed by atoms with E-state index < -0.39 is 27.0 Å². The molecule has 0 amide bonds. The molecular formula is C18H18N2O6S. The van der Waals surface area contributed by atoms with Gasteiger partial charge in [-0.2, -0.15) is 4.31 Å². The standard InChI is InChI=1S/C18H18N2O6S/c1-2-26-18(21)17-16-12-14(20(22)23)9-8-13(16)10-11-19(17)27(24,25)15-6-4-3-5-7-15/h3-9,12,17H,2,10-11H2,1H3. The van der Waals surface area contributed by atoms with Crippen molar-refractivity contribution in [2.75, 3.05) is 13.2 Å². The zero-order valence-electron chi connectivity index (χ0n) is 14.6. The second kappa shape index (κ2) is 7.45. The summed E-state index contributed by atoms with van der Waals surface area (Å²) in [5.74, 6) is -0.751. The van der Waals surface area contributed by atoms with E-state index in [1.807, 2.05) is 0 Å². The smallest absolute Gasteiger partial charge is 0.329 e. The number of carbonyl (C=O) groups is 1. The number of sulfonamides is 1. The Morgan fingerprint density at radius 3 is 2.59 bits per heavy atom. The van der Waals surface area contributed by atoms with Crippen molar-refractivity contribution >= 4 is 21.7 Å². The van der Waals surface area contributed by atoms with Gasteiger partial charge in [0.1, 0.15) is 6.04 Å². The van der Waals surface area contributed by atoms with E-state index in [4.69, 9.17) is 4.74 Å². The van der Waals surface area contributed by atoms with E-state index in [1.54, 1.807) is 31.2 Å². The summed E-state index contributed by atoms with van der Waals surface area (Å²) in [4.78, 5) is 23.3. The fourth-order valence-electron chi connectivity index (χ4n) is 3.15. The molecule has 0 aromatic heterocycles. The van der Waals surface area contributed by atoms with Crippen LogP contribution in [-0.2, 0) is 26.0 Å². The predicted octanol–water partition coefficient (Wildman–Crippen LogP) is 2.45. The van der Waals surface area contributed by atoms with E-state index >= 15 is 0 Å². The van der Waals surface area contributed by atoms with E-state index in [2.05, 4.69) is 0 Å². The number of carbonyl (C=O) groups excluding carboxylic acids is 1. The van der Waals surface area contributed by atoms with E-state index in [0.29, 0.717) is 12.0 Å². The average molecular weight is 390 g/mol. The number of non-ortho nitro benzene ring substituents is 1. The minimum absolute atomic E-state index is 0.0492. The largest absolute Gasteiger partial charge is 0.465 e. The molecule has 1 unspecified atom stereocenters. The quantitative estimate of drug-likeness (QED) is 0.441. The number of hydrogen-bond acceptors (Lipinski definition) is 6. The van der Waals surface area contributed by atoms with Gasteiger partial charge in [-0.1, -0.05) is 24.3 Å². The lowest BCUT2D eigenvalue weighted by Crippen LogP contribution is -2.44. The number of nitrogens with zero attached hydrogens (tertiary/aromatic N) is 2. The molecule has 0 bridgehead atoms. The molecule has 0 fully saturated rings. The number of nitro benzene ring substituents is 1. The Labute approximate surface area is 156 Å². The zero-order valence-corrected chi connectivity index (χ0v) is 15.4. The average Bonchev–Trinajstić information content (AvgIpc) is 2.67. The lowest BCUT2D eigenvalue weighted by Gasteiger charge is -2.34. The van der Waals surface area contributed by atoms with Gasteiger partial charge in [-0.3, -0.25) is 10.1 Å². The second-order valence-corrected chi connectivity index (χ2v) is 7.86. The van der Waals surface area contributed by atoms with Crippen molar-refractivity contribution < 1.29 is 22.9 Å². The van der Waals surface area contributed by atoms with Crippen molar-refractivity contribution in [1.82, 2.24) is 4.31 Å². The van der Waals surface area contributed by atoms with Crippen LogP contribution in [0.4, 0.5) is 5.69 Å². The lowest BCUT2D eigenvalue weighted by molar-refractivity contribution is -0.385. The van der Waals surface area contributed by atoms with Gasteiger partial charge in [-0.25, -0.2) is 13.2 Å². The van der Waals surface area contributed by atoms with E-state index in [1.165, 1.54) is 24.3 Å². The summed E-state index contributed by atoms with van der Waals surface area (Å²) in [5.41, 5.74) is 0.772. The first-order chi connectivity index (χ1) is 12.9. The third-order valence-electron chi connectivity index (χ3n) is 4.38. The summed E-state index contributed by atoms with van der Waals surface area (Å²) in [7, 11) is -3.99. The van der Waals surface area contributed by atoms with Crippen LogP contribution in [0.1, 0.15) is 24.1 Å². The van der Waals surface area contributed by atoms with Crippen LogP contribution in [0, 0.1) is 10.1 Å². The number of rotatable bonds is 5. The fourth-order valence-corrected chi connectivity index (χ4v) is 4.73. The summed E-state index contributed by atoms with van der Waals surface area (Å²) in [5, 5.41) is 11.1. The van der Waals surface area contributed by atoms with Crippen molar-refractivity contribution in [2.24, 2.45) is 0 Å². The Balaban J connectivity index is 2.14. The van der Waals surface area contributed by atoms with Gasteiger partial charge in [0, 0.05) is 18.7 Å². The molecule has 2 aromatic rings. The molecule has 1 heterocycles. The number of fused-ring (bicyclic) bond motifs is 1. The Morgan fingerprint density at radius 2 is 1.96 bits per heavy atom. The van der Waals surface area contributed by atoms with Crippen LogP contribution in [-0.4, -0.2) is 36.8 Å². The number of ether oxygens (including phenoxy) is 1. The van der Waals surface area contributed by atoms with Crippen molar-refractivity contribution in [1.29, 1.82) is 0 Å². The molecule has 8 nitrogen and oxygen atoms in total. The molecule has 2 aromatic carbocycles. The molecule has 1 aliphatic heterocycles. The van der Waals surface area contributed by atoms with Gasteiger partial charge >= 0.3 is 5.97 Å². The minimum atomic E-state index is -3.99. The molecule has 0 N–H and O–H groups in total. The summed E-state index contributed by atoms with van der Waals surface area (Å²) in [6, 6.07) is 10.7. The first-order valence-electron chi connectivity index (χ1n) is 8.37. The summed E-state index contributed by atoms with van der Waals surface area (Å²) < 4.78 is 32.4. The van der Waals surface area contributed by atoms with Crippen LogP contribution in [0.5, 0.6) is 0 Å². The molecular weight excluding hydrogens is 372 g/mol. The lowest BCUT2D eigenvalue weighted by atomic mass is 9.93. The zero-order chi connectivity index (χ0) is 19.6. The predicted molar refractivity (Wildman–Crippen MR) is 96.5 cm³/mol. The van der Waals surface area contributed by atoms with Gasteiger partial charge in [0.05, 0.1) is 16.4 Å². The molecule has 0 saturated carbocycles. The summed E-state index contributed by atoms with van der Waals surface area (Å²) >= 11 is 0. The Kier molecular flexibility index (Phi) is 5.24. The first kappa shape index (κ1) is 19.0. The first-order valence-corrected chi connectivity index (χ1v) is 9.81. The summed E-state index contributed by atoms with van der Waals surface area (Å²) in [6.07, 6.45) is 0.343. The van der Waals surface area contributed by atoms with Crippen molar-refractivity contribution in [3.05, 3.63) is 69.8 Å². The van der Waals surface area contributed by atoms with Crippen molar-refractivity contribution in [3.8, 4) is 0 Å². The Hall–Kier alpha value is -2.78. The third-order valence-corrected chi connectivity index (χ3v) is 6.26. The van der Waals surface area contributed by atoms with Gasteiger partial charge in [-0.15, -0.1) is 0 Å². The van der Waals surface area contributed by atoms with Crippen LogP contribution in [0.2, 0.25) is 0 Å². The van der Waals surface area contributed by atoms with E-state index in [-0.39, 0.29) is 29.3 Å². The van der Waals surface area contributed by atoms with Crippen LogP contribution < -0.4 is 0 Å². The number of hydrogen-bond donors (Lipinski definition) is 0. The molecule has 0 aliphatic carbocycles. The van der Waals surface area contributed by atoms with Gasteiger partial charge in [0.2, 0.25) is 10.0 Å². The molecule has 3 rings (SSSR count). The molecule has 0 saturated heterocycles. The highest BCUT2D eigenvalue weighted by Crippen LogP contribution is 2.36. The molecule has 9 heteroatoms. The van der Waals surface area contributed by atoms with Gasteiger partial charge < -0.3 is 4.74 Å². The third kappa shape index (κ3) is 3.56. The van der Waals surface area contributed by atoms with Crippen LogP contribution in [0.15, 0.2) is 53.4 Å². The highest BCUT2D eigenvalue weighted by molar-refractivity contribution is 7.89. The second-order valence-electron chi connectivity index (χ2n) is 5.97. The highest BCUT2D eigenvalue weighted by Gasteiger charge is 2.42. The Bertz CT molecular complexity index is 975. The number of nitro groups is 1. The maximum Gasteiger partial charge on any atom is 0.329 e. The SMILES string of the molecule is CCOC(=O)C1c2cc([N+](=O)[O-])ccc2CCN1S(=O)(=O)c1ccccc1. The molecule has 0 radical (unpaired) electrons. The van der Waals surface area contributed by atoms with Crippen molar-refractivity contribution in [3.63, 3.8) is 0 Å². The number of benzene rings is 2. The topological polar surface area (TPSA) is 107 Å². The molecule has 1 atom stereocenters. The van der Waals surface area contributed by atoms with Crippen LogP contribution >= 0.6 is 0 Å². The van der Waals surface area contributed by atoms with E-state index in [0.717, 1.165) is 4.31 Å². The van der Waals surface area contributed by atoms with Gasteiger partial charge in [0.15, 0.2) is 0 Å². The van der Waals surface area contributed by atoms with Crippen LogP contribution in [0.3, 0.4) is 0 Å². The number of esters is 1. The fraction of sp³-hybridized carbons (Fsp3) is 0.278. The Morgan fingerprint density at radius 1 is 1.26 bits per heavy atom. The molecule has 27 heavy (non-hydrogen) atoms. The minimum Gasteiger partial charge on any atom is -0.465 e. The maximum atomic E-state index is 13.1. The van der Waals surface area contributed by atoms with Crippen molar-refractivity contribution in [2.45, 2.75) is 24.3 Å². The highest BCUT2D eigenvalue weighted by atomic mass is 32.2.